The fourth-order valence-corrected chi connectivity index (χ4v) is 2.71. The molecule has 1 aromatic rings. The van der Waals surface area contributed by atoms with Gasteiger partial charge in [-0.15, -0.1) is 0 Å². The summed E-state index contributed by atoms with van der Waals surface area (Å²) in [7, 11) is 0. The van der Waals surface area contributed by atoms with Crippen LogP contribution in [-0.4, -0.2) is 35.5 Å². The van der Waals surface area contributed by atoms with Gasteiger partial charge in [0.15, 0.2) is 0 Å². The maximum Gasteiger partial charge on any atom is 0.307 e. The summed E-state index contributed by atoms with van der Waals surface area (Å²) in [5.41, 5.74) is 0.814. The maximum absolute atomic E-state index is 12.3. The summed E-state index contributed by atoms with van der Waals surface area (Å²) >= 11 is 0. The number of carbonyl (C=O) groups excluding carboxylic acids is 2. The number of nitrogens with zero attached hydrogens (tertiary/aromatic N) is 1. The molecule has 1 aliphatic carbocycles. The van der Waals surface area contributed by atoms with Crippen LogP contribution in [0.2, 0.25) is 0 Å². The predicted octanol–water partition coefficient (Wildman–Crippen LogP) is 0.629. The second-order valence-corrected chi connectivity index (χ2v) is 5.46. The number of carbonyl (C=O) groups is 3. The van der Waals surface area contributed by atoms with Gasteiger partial charge in [-0.1, -0.05) is 18.2 Å². The zero-order chi connectivity index (χ0) is 15.0. The normalized spacial score (nSPS) is 27.5. The van der Waals surface area contributed by atoms with Gasteiger partial charge in [0.1, 0.15) is 6.04 Å². The van der Waals surface area contributed by atoms with Crippen LogP contribution in [0.15, 0.2) is 30.3 Å². The van der Waals surface area contributed by atoms with Gasteiger partial charge < -0.3 is 15.3 Å². The molecule has 3 rings (SSSR count). The van der Waals surface area contributed by atoms with Crippen LogP contribution in [0.25, 0.3) is 0 Å². The molecule has 1 aromatic carbocycles. The monoisotopic (exact) mass is 288 g/mol. The van der Waals surface area contributed by atoms with Crippen molar-refractivity contribution in [2.45, 2.75) is 18.9 Å². The molecule has 2 amide bonds. The highest BCUT2D eigenvalue weighted by molar-refractivity contribution is 6.02. The molecule has 3 atom stereocenters. The highest BCUT2D eigenvalue weighted by atomic mass is 16.4. The molecule has 0 spiro atoms. The molecule has 6 heteroatoms. The lowest BCUT2D eigenvalue weighted by molar-refractivity contribution is -0.140. The van der Waals surface area contributed by atoms with E-state index >= 15 is 0 Å². The SMILES string of the molecule is O=C(O)[C@@H]1C[C@H]1C(=O)N[C@H]1CCN(c2ccccc2)C1=O. The van der Waals surface area contributed by atoms with Crippen LogP contribution in [0.4, 0.5) is 5.69 Å². The first kappa shape index (κ1) is 13.6. The van der Waals surface area contributed by atoms with E-state index in [1.165, 1.54) is 0 Å². The van der Waals surface area contributed by atoms with Crippen LogP contribution in [0.5, 0.6) is 0 Å². The lowest BCUT2D eigenvalue weighted by Crippen LogP contribution is -2.42. The minimum absolute atomic E-state index is 0.137. The largest absolute Gasteiger partial charge is 0.481 e. The summed E-state index contributed by atoms with van der Waals surface area (Å²) in [6.07, 6.45) is 0.911. The third-order valence-corrected chi connectivity index (χ3v) is 4.03. The number of amides is 2. The molecular weight excluding hydrogens is 272 g/mol. The number of hydrogen-bond donors (Lipinski definition) is 2. The Bertz CT molecular complexity index is 587. The number of benzene rings is 1. The third-order valence-electron chi connectivity index (χ3n) is 4.03. The number of anilines is 1. The Kier molecular flexibility index (Phi) is 3.37. The molecule has 1 saturated carbocycles. The standard InChI is InChI=1S/C15H16N2O4/c18-13(10-8-11(10)15(20)21)16-12-6-7-17(14(12)19)9-4-2-1-3-5-9/h1-5,10-12H,6-8H2,(H,16,18)(H,20,21)/t10-,11-,12+/m1/s1. The van der Waals surface area contributed by atoms with Gasteiger partial charge in [0.25, 0.3) is 0 Å². The van der Waals surface area contributed by atoms with Crippen molar-refractivity contribution in [2.75, 3.05) is 11.4 Å². The molecule has 2 N–H and O–H groups in total. The first-order valence-corrected chi connectivity index (χ1v) is 6.97. The third kappa shape index (κ3) is 2.61. The highest BCUT2D eigenvalue weighted by Crippen LogP contribution is 2.39. The number of carboxylic acid groups (broad SMARTS) is 1. The summed E-state index contributed by atoms with van der Waals surface area (Å²) in [6, 6.07) is 8.74. The lowest BCUT2D eigenvalue weighted by Gasteiger charge is -2.17. The van der Waals surface area contributed by atoms with Crippen molar-refractivity contribution in [3.05, 3.63) is 30.3 Å². The lowest BCUT2D eigenvalue weighted by atomic mass is 10.2. The zero-order valence-corrected chi connectivity index (χ0v) is 11.4. The Balaban J connectivity index is 1.60. The van der Waals surface area contributed by atoms with Gasteiger partial charge in [-0.05, 0) is 25.0 Å². The minimum atomic E-state index is -0.946. The average molecular weight is 288 g/mol. The van der Waals surface area contributed by atoms with Gasteiger partial charge in [-0.2, -0.15) is 0 Å². The predicted molar refractivity (Wildman–Crippen MR) is 74.6 cm³/mol. The van der Waals surface area contributed by atoms with Gasteiger partial charge >= 0.3 is 5.97 Å². The van der Waals surface area contributed by atoms with E-state index in [9.17, 15) is 14.4 Å². The zero-order valence-electron chi connectivity index (χ0n) is 11.4. The molecular formula is C15H16N2O4. The second-order valence-electron chi connectivity index (χ2n) is 5.46. The van der Waals surface area contributed by atoms with E-state index in [4.69, 9.17) is 5.11 Å². The number of hydrogen-bond acceptors (Lipinski definition) is 3. The van der Waals surface area contributed by atoms with Crippen LogP contribution in [0, 0.1) is 11.8 Å². The molecule has 1 heterocycles. The van der Waals surface area contributed by atoms with Crippen LogP contribution in [-0.2, 0) is 14.4 Å². The fourth-order valence-electron chi connectivity index (χ4n) is 2.71. The summed E-state index contributed by atoms with van der Waals surface area (Å²) in [6.45, 7) is 0.556. The van der Waals surface area contributed by atoms with Crippen molar-refractivity contribution in [3.63, 3.8) is 0 Å². The summed E-state index contributed by atoms with van der Waals surface area (Å²) < 4.78 is 0. The molecule has 110 valence electrons. The van der Waals surface area contributed by atoms with E-state index in [1.54, 1.807) is 4.90 Å². The fraction of sp³-hybridized carbons (Fsp3) is 0.400. The van der Waals surface area contributed by atoms with E-state index in [0.717, 1.165) is 5.69 Å². The molecule has 0 bridgehead atoms. The molecule has 6 nitrogen and oxygen atoms in total. The first-order chi connectivity index (χ1) is 10.1. The molecule has 2 fully saturated rings. The molecule has 0 aromatic heterocycles. The Labute approximate surface area is 121 Å². The van der Waals surface area contributed by atoms with Crippen molar-refractivity contribution in [2.24, 2.45) is 11.8 Å². The average Bonchev–Trinajstić information content (AvgIpc) is 3.21. The number of carboxylic acids is 1. The van der Waals surface area contributed by atoms with Gasteiger partial charge in [0, 0.05) is 12.2 Å². The van der Waals surface area contributed by atoms with Crippen LogP contribution in [0.1, 0.15) is 12.8 Å². The Hall–Kier alpha value is -2.37. The summed E-state index contributed by atoms with van der Waals surface area (Å²) in [4.78, 5) is 36.6. The Morgan fingerprint density at radius 2 is 1.90 bits per heavy atom. The van der Waals surface area contributed by atoms with E-state index in [2.05, 4.69) is 5.32 Å². The topological polar surface area (TPSA) is 86.7 Å². The summed E-state index contributed by atoms with van der Waals surface area (Å²) in [5.74, 6) is -2.48. The maximum atomic E-state index is 12.3. The summed E-state index contributed by atoms with van der Waals surface area (Å²) in [5, 5.41) is 11.5. The van der Waals surface area contributed by atoms with Gasteiger partial charge in [-0.25, -0.2) is 0 Å². The molecule has 0 radical (unpaired) electrons. The number of para-hydroxylation sites is 1. The number of aliphatic carboxylic acids is 1. The van der Waals surface area contributed by atoms with Gasteiger partial charge in [-0.3, -0.25) is 14.4 Å². The van der Waals surface area contributed by atoms with Crippen molar-refractivity contribution < 1.29 is 19.5 Å². The van der Waals surface area contributed by atoms with Crippen LogP contribution < -0.4 is 10.2 Å². The first-order valence-electron chi connectivity index (χ1n) is 6.97. The van der Waals surface area contributed by atoms with Crippen LogP contribution >= 0.6 is 0 Å². The smallest absolute Gasteiger partial charge is 0.307 e. The molecule has 0 unspecified atom stereocenters. The van der Waals surface area contributed by atoms with Crippen molar-refractivity contribution in [1.82, 2.24) is 5.32 Å². The van der Waals surface area contributed by atoms with E-state index in [0.29, 0.717) is 19.4 Å². The van der Waals surface area contributed by atoms with E-state index in [-0.39, 0.29) is 11.8 Å². The minimum Gasteiger partial charge on any atom is -0.481 e. The van der Waals surface area contributed by atoms with E-state index in [1.807, 2.05) is 30.3 Å². The van der Waals surface area contributed by atoms with Crippen molar-refractivity contribution >= 4 is 23.5 Å². The Morgan fingerprint density at radius 3 is 2.52 bits per heavy atom. The van der Waals surface area contributed by atoms with Crippen molar-refractivity contribution in [3.8, 4) is 0 Å². The van der Waals surface area contributed by atoms with Gasteiger partial charge in [0.2, 0.25) is 11.8 Å². The number of rotatable bonds is 4. The number of nitrogens with one attached hydrogen (secondary N) is 1. The quantitative estimate of drug-likeness (QED) is 0.850. The molecule has 1 saturated heterocycles. The highest BCUT2D eigenvalue weighted by Gasteiger charge is 2.49. The van der Waals surface area contributed by atoms with Crippen LogP contribution in [0.3, 0.4) is 0 Å². The Morgan fingerprint density at radius 1 is 1.19 bits per heavy atom. The molecule has 2 aliphatic rings. The van der Waals surface area contributed by atoms with Gasteiger partial charge in [0.05, 0.1) is 11.8 Å². The second kappa shape index (κ2) is 5.20. The van der Waals surface area contributed by atoms with Crippen molar-refractivity contribution in [1.29, 1.82) is 0 Å². The molecule has 21 heavy (non-hydrogen) atoms. The molecule has 1 aliphatic heterocycles. The van der Waals surface area contributed by atoms with E-state index < -0.39 is 23.8 Å².